The van der Waals surface area contributed by atoms with Gasteiger partial charge in [-0.1, -0.05) is 36.4 Å². The number of aryl methyl sites for hydroxylation is 1. The number of H-pyrrole nitrogens is 1. The molecular weight excluding hydrogens is 366 g/mol. The Morgan fingerprint density at radius 3 is 2.69 bits per heavy atom. The number of nitrogens with one attached hydrogen (secondary N) is 2. The quantitative estimate of drug-likeness (QED) is 0.408. The van der Waals surface area contributed by atoms with Crippen molar-refractivity contribution in [1.29, 1.82) is 0 Å². The minimum absolute atomic E-state index is 0.302. The van der Waals surface area contributed by atoms with Crippen LogP contribution < -0.4 is 5.32 Å². The second-order valence-electron chi connectivity index (χ2n) is 7.90. The predicted octanol–water partition coefficient (Wildman–Crippen LogP) is 3.25. The van der Waals surface area contributed by atoms with E-state index in [4.69, 9.17) is 4.74 Å². The van der Waals surface area contributed by atoms with Gasteiger partial charge in [0.2, 0.25) is 6.41 Å². The van der Waals surface area contributed by atoms with E-state index in [1.54, 1.807) is 6.92 Å². The summed E-state index contributed by atoms with van der Waals surface area (Å²) in [6.45, 7) is 2.67. The molecule has 1 heterocycles. The minimum Gasteiger partial charge on any atom is -0.463 e. The fourth-order valence-corrected chi connectivity index (χ4v) is 3.62. The van der Waals surface area contributed by atoms with Gasteiger partial charge in [-0.2, -0.15) is 0 Å². The summed E-state index contributed by atoms with van der Waals surface area (Å²) in [4.78, 5) is 29.1. The molecule has 0 spiro atoms. The normalized spacial score (nSPS) is 13.5. The van der Waals surface area contributed by atoms with Gasteiger partial charge in [0.05, 0.1) is 0 Å². The molecule has 1 atom stereocenters. The van der Waals surface area contributed by atoms with Crippen molar-refractivity contribution in [2.45, 2.75) is 31.7 Å². The number of hydrogen-bond acceptors (Lipinski definition) is 4. The molecule has 6 heteroatoms. The average molecular weight is 396 g/mol. The zero-order valence-electron chi connectivity index (χ0n) is 17.3. The van der Waals surface area contributed by atoms with Crippen LogP contribution in [0, 0.1) is 0 Å². The van der Waals surface area contributed by atoms with Crippen LogP contribution >= 0.6 is 0 Å². The summed E-state index contributed by atoms with van der Waals surface area (Å²) in [5.41, 5.74) is 2.43. The molecule has 0 saturated heterocycles. The lowest BCUT2D eigenvalue weighted by Gasteiger charge is -2.27. The molecule has 0 aliphatic heterocycles. The molecule has 2 N–H and O–H groups in total. The molecule has 0 aliphatic carbocycles. The van der Waals surface area contributed by atoms with Gasteiger partial charge in [0.25, 0.3) is 0 Å². The van der Waals surface area contributed by atoms with Crippen molar-refractivity contribution in [3.05, 3.63) is 48.0 Å². The van der Waals surface area contributed by atoms with E-state index < -0.39 is 11.5 Å². The highest BCUT2D eigenvalue weighted by Gasteiger charge is 2.34. The maximum atomic E-state index is 12.5. The molecule has 1 aromatic heterocycles. The summed E-state index contributed by atoms with van der Waals surface area (Å²) in [6.07, 6.45) is 2.62. The van der Waals surface area contributed by atoms with E-state index >= 15 is 0 Å². The van der Waals surface area contributed by atoms with E-state index in [-0.39, 0.29) is 0 Å². The Morgan fingerprint density at radius 1 is 1.17 bits per heavy atom. The van der Waals surface area contributed by atoms with Crippen molar-refractivity contribution in [3.8, 4) is 0 Å². The lowest BCUT2D eigenvalue weighted by atomic mass is 9.93. The van der Waals surface area contributed by atoms with E-state index in [9.17, 15) is 9.59 Å². The lowest BCUT2D eigenvalue weighted by molar-refractivity contribution is -0.152. The highest BCUT2D eigenvalue weighted by Crippen LogP contribution is 2.28. The number of esters is 1. The molecule has 2 aromatic carbocycles. The van der Waals surface area contributed by atoms with E-state index in [2.05, 4.69) is 40.6 Å². The third-order valence-electron chi connectivity index (χ3n) is 5.35. The van der Waals surface area contributed by atoms with Gasteiger partial charge in [0.1, 0.15) is 12.1 Å². The number of carbonyl (C=O) groups excluding carboxylic acids is 2. The van der Waals surface area contributed by atoms with Crippen LogP contribution in [-0.4, -0.2) is 55.0 Å². The van der Waals surface area contributed by atoms with Gasteiger partial charge < -0.3 is 19.9 Å². The number of rotatable bonds is 10. The van der Waals surface area contributed by atoms with Crippen LogP contribution in [0.5, 0.6) is 0 Å². The summed E-state index contributed by atoms with van der Waals surface area (Å²) in [5.74, 6) is -0.393. The van der Waals surface area contributed by atoms with Gasteiger partial charge in [-0.15, -0.1) is 0 Å². The number of hydrogen-bond donors (Lipinski definition) is 2. The SMILES string of the molecule is CN(C)CCOC(=O)[C@](C)(CCCc1cccc2c1[nH]c1ccccc12)NC=O. The van der Waals surface area contributed by atoms with Gasteiger partial charge in [0, 0.05) is 28.4 Å². The molecule has 154 valence electrons. The van der Waals surface area contributed by atoms with Crippen LogP contribution in [0.4, 0.5) is 0 Å². The summed E-state index contributed by atoms with van der Waals surface area (Å²) in [5, 5.41) is 5.08. The molecule has 0 saturated carbocycles. The number of para-hydroxylation sites is 2. The van der Waals surface area contributed by atoms with Crippen molar-refractivity contribution < 1.29 is 14.3 Å². The van der Waals surface area contributed by atoms with Gasteiger partial charge >= 0.3 is 5.97 Å². The lowest BCUT2D eigenvalue weighted by Crippen LogP contribution is -2.50. The van der Waals surface area contributed by atoms with E-state index in [0.29, 0.717) is 26.0 Å². The highest BCUT2D eigenvalue weighted by molar-refractivity contribution is 6.08. The largest absolute Gasteiger partial charge is 0.463 e. The minimum atomic E-state index is -1.03. The molecule has 0 fully saturated rings. The number of ether oxygens (including phenoxy) is 1. The number of nitrogens with zero attached hydrogens (tertiary/aromatic N) is 1. The number of benzene rings is 2. The standard InChI is InChI=1S/C23H29N3O3/c1-23(24-16-27,22(28)29-15-14-26(2)3)13-7-9-17-8-6-11-19-18-10-4-5-12-20(18)25-21(17)19/h4-6,8,10-12,16,25H,7,9,13-15H2,1-3H3,(H,24,27)/t23-/m0/s1. The fourth-order valence-electron chi connectivity index (χ4n) is 3.62. The Hall–Kier alpha value is -2.86. The van der Waals surface area contributed by atoms with Crippen molar-refractivity contribution in [3.63, 3.8) is 0 Å². The third kappa shape index (κ3) is 4.77. The van der Waals surface area contributed by atoms with Crippen molar-refractivity contribution >= 4 is 34.2 Å². The molecule has 3 rings (SSSR count). The van der Waals surface area contributed by atoms with Crippen LogP contribution in [0.15, 0.2) is 42.5 Å². The first kappa shape index (κ1) is 20.9. The van der Waals surface area contributed by atoms with Crippen molar-refractivity contribution in [1.82, 2.24) is 15.2 Å². The summed E-state index contributed by atoms with van der Waals surface area (Å²) >= 11 is 0. The second-order valence-corrected chi connectivity index (χ2v) is 7.90. The van der Waals surface area contributed by atoms with Gasteiger partial charge in [-0.3, -0.25) is 4.79 Å². The van der Waals surface area contributed by atoms with Gasteiger partial charge in [0.15, 0.2) is 0 Å². The predicted molar refractivity (Wildman–Crippen MR) is 116 cm³/mol. The first-order chi connectivity index (χ1) is 13.9. The second kappa shape index (κ2) is 9.09. The summed E-state index contributed by atoms with van der Waals surface area (Å²) < 4.78 is 5.38. The average Bonchev–Trinajstić information content (AvgIpc) is 3.07. The first-order valence-corrected chi connectivity index (χ1v) is 9.96. The molecule has 3 aromatic rings. The Balaban J connectivity index is 1.69. The number of fused-ring (bicyclic) bond motifs is 3. The Morgan fingerprint density at radius 2 is 1.93 bits per heavy atom. The number of aromatic nitrogens is 1. The maximum absolute atomic E-state index is 12.5. The number of likely N-dealkylation sites (N-methyl/N-ethyl adjacent to an activating group) is 1. The van der Waals surface area contributed by atoms with Crippen molar-refractivity contribution in [2.24, 2.45) is 0 Å². The molecule has 0 aliphatic rings. The smallest absolute Gasteiger partial charge is 0.331 e. The molecule has 1 amide bonds. The Kier molecular flexibility index (Phi) is 6.54. The molecular formula is C23H29N3O3. The van der Waals surface area contributed by atoms with Crippen LogP contribution in [-0.2, 0) is 20.7 Å². The molecule has 0 unspecified atom stereocenters. The first-order valence-electron chi connectivity index (χ1n) is 9.96. The summed E-state index contributed by atoms with van der Waals surface area (Å²) in [6, 6.07) is 14.6. The molecule has 0 bridgehead atoms. The van der Waals surface area contributed by atoms with Gasteiger partial charge in [-0.05, 0) is 51.9 Å². The van der Waals surface area contributed by atoms with E-state index in [1.165, 1.54) is 16.3 Å². The summed E-state index contributed by atoms with van der Waals surface area (Å²) in [7, 11) is 3.84. The van der Waals surface area contributed by atoms with Crippen LogP contribution in [0.2, 0.25) is 0 Å². The zero-order valence-corrected chi connectivity index (χ0v) is 17.3. The zero-order chi connectivity index (χ0) is 20.9. The van der Waals surface area contributed by atoms with E-state index in [1.807, 2.05) is 31.1 Å². The Bertz CT molecular complexity index is 995. The number of carbonyl (C=O) groups is 2. The van der Waals surface area contributed by atoms with Crippen LogP contribution in [0.3, 0.4) is 0 Å². The fraction of sp³-hybridized carbons (Fsp3) is 0.391. The highest BCUT2D eigenvalue weighted by atomic mass is 16.5. The Labute approximate surface area is 171 Å². The van der Waals surface area contributed by atoms with Gasteiger partial charge in [-0.25, -0.2) is 4.79 Å². The van der Waals surface area contributed by atoms with Crippen LogP contribution in [0.25, 0.3) is 21.8 Å². The van der Waals surface area contributed by atoms with E-state index in [0.717, 1.165) is 23.9 Å². The number of aromatic amines is 1. The molecule has 0 radical (unpaired) electrons. The van der Waals surface area contributed by atoms with Crippen molar-refractivity contribution in [2.75, 3.05) is 27.2 Å². The van der Waals surface area contributed by atoms with Crippen LogP contribution in [0.1, 0.15) is 25.3 Å². The molecule has 29 heavy (non-hydrogen) atoms. The maximum Gasteiger partial charge on any atom is 0.331 e. The number of amides is 1. The molecule has 6 nitrogen and oxygen atoms in total. The topological polar surface area (TPSA) is 74.4 Å². The third-order valence-corrected chi connectivity index (χ3v) is 5.35. The monoisotopic (exact) mass is 395 g/mol.